The molecule has 0 aliphatic carbocycles. The Labute approximate surface area is 168 Å². The van der Waals surface area contributed by atoms with Crippen molar-refractivity contribution < 1.29 is 4.74 Å². The number of H-pyrrole nitrogens is 1. The molecule has 0 bridgehead atoms. The smallest absolute Gasteiger partial charge is 0.271 e. The number of methoxy groups -OCH3 is 1. The minimum Gasteiger partial charge on any atom is -0.494 e. The Morgan fingerprint density at radius 2 is 1.79 bits per heavy atom. The maximum Gasteiger partial charge on any atom is 0.271 e. The van der Waals surface area contributed by atoms with Crippen LogP contribution < -0.4 is 15.6 Å². The highest BCUT2D eigenvalue weighted by Gasteiger charge is 2.19. The Bertz CT molecular complexity index is 1180. The molecule has 0 aliphatic heterocycles. The Hall–Kier alpha value is -3.87. The van der Waals surface area contributed by atoms with Crippen LogP contribution in [0.25, 0.3) is 28.2 Å². The zero-order chi connectivity index (χ0) is 20.2. The fraction of sp³-hybridized carbons (Fsp3) is 0.136. The minimum absolute atomic E-state index is 0.243. The maximum absolute atomic E-state index is 12.6. The van der Waals surface area contributed by atoms with E-state index >= 15 is 0 Å². The molecular weight excluding hydrogens is 366 g/mol. The van der Waals surface area contributed by atoms with Gasteiger partial charge in [0.2, 0.25) is 0 Å². The van der Waals surface area contributed by atoms with Gasteiger partial charge in [0.1, 0.15) is 11.4 Å². The number of anilines is 1. The molecule has 2 N–H and O–H groups in total. The highest BCUT2D eigenvalue weighted by molar-refractivity contribution is 5.87. The fourth-order valence-corrected chi connectivity index (χ4v) is 3.22. The van der Waals surface area contributed by atoms with Crippen molar-refractivity contribution in [3.05, 3.63) is 77.1 Å². The number of aromatic nitrogens is 4. The van der Waals surface area contributed by atoms with E-state index in [0.717, 1.165) is 16.8 Å². The highest BCUT2D eigenvalue weighted by Crippen LogP contribution is 2.35. The number of hydrogen-bond acceptors (Lipinski definition) is 5. The van der Waals surface area contributed by atoms with Crippen LogP contribution in [-0.4, -0.2) is 33.6 Å². The lowest BCUT2D eigenvalue weighted by molar-refractivity contribution is 0.411. The van der Waals surface area contributed by atoms with E-state index in [4.69, 9.17) is 4.74 Å². The molecule has 29 heavy (non-hydrogen) atoms. The molecule has 4 rings (SSSR count). The van der Waals surface area contributed by atoms with Crippen LogP contribution in [0.3, 0.4) is 0 Å². The third-order valence-corrected chi connectivity index (χ3v) is 4.54. The summed E-state index contributed by atoms with van der Waals surface area (Å²) < 4.78 is 6.76. The predicted octanol–water partition coefficient (Wildman–Crippen LogP) is 3.73. The first-order chi connectivity index (χ1) is 14.2. The van der Waals surface area contributed by atoms with Crippen molar-refractivity contribution in [1.82, 2.24) is 20.0 Å². The summed E-state index contributed by atoms with van der Waals surface area (Å²) in [5.74, 6) is 1.26. The monoisotopic (exact) mass is 387 g/mol. The van der Waals surface area contributed by atoms with E-state index in [-0.39, 0.29) is 5.56 Å². The summed E-state index contributed by atoms with van der Waals surface area (Å²) in [7, 11) is 1.57. The first kappa shape index (κ1) is 18.5. The molecule has 2 aromatic carbocycles. The number of ether oxygens (including phenoxy) is 1. The van der Waals surface area contributed by atoms with Gasteiger partial charge in [-0.15, -0.1) is 0 Å². The van der Waals surface area contributed by atoms with Gasteiger partial charge in [0, 0.05) is 18.2 Å². The van der Waals surface area contributed by atoms with Gasteiger partial charge in [-0.25, -0.2) is 0 Å². The van der Waals surface area contributed by atoms with Crippen molar-refractivity contribution in [1.29, 1.82) is 0 Å². The molecule has 2 heterocycles. The van der Waals surface area contributed by atoms with Crippen molar-refractivity contribution in [2.24, 2.45) is 0 Å². The average Bonchev–Trinajstić information content (AvgIpc) is 3.19. The van der Waals surface area contributed by atoms with Crippen molar-refractivity contribution >= 4 is 5.82 Å². The zero-order valence-electron chi connectivity index (χ0n) is 16.2. The zero-order valence-corrected chi connectivity index (χ0v) is 16.2. The summed E-state index contributed by atoms with van der Waals surface area (Å²) in [5.41, 5.74) is 3.58. The van der Waals surface area contributed by atoms with Crippen LogP contribution in [0.4, 0.5) is 5.82 Å². The lowest BCUT2D eigenvalue weighted by Gasteiger charge is -2.12. The van der Waals surface area contributed by atoms with E-state index in [1.165, 1.54) is 10.7 Å². The molecule has 0 spiro atoms. The molecule has 0 amide bonds. The van der Waals surface area contributed by atoms with Crippen LogP contribution in [0.1, 0.15) is 6.92 Å². The largest absolute Gasteiger partial charge is 0.494 e. The van der Waals surface area contributed by atoms with Crippen LogP contribution in [0.2, 0.25) is 0 Å². The van der Waals surface area contributed by atoms with Crippen molar-refractivity contribution in [3.63, 3.8) is 0 Å². The van der Waals surface area contributed by atoms with Crippen molar-refractivity contribution in [3.8, 4) is 34.0 Å². The summed E-state index contributed by atoms with van der Waals surface area (Å²) in [6.07, 6.45) is 0. The van der Waals surface area contributed by atoms with Gasteiger partial charge in [-0.3, -0.25) is 9.89 Å². The summed E-state index contributed by atoms with van der Waals surface area (Å²) in [6, 6.07) is 20.4. The number of para-hydroxylation sites is 2. The third-order valence-electron chi connectivity index (χ3n) is 4.54. The van der Waals surface area contributed by atoms with Gasteiger partial charge in [0.25, 0.3) is 5.56 Å². The van der Waals surface area contributed by atoms with Crippen LogP contribution in [0.15, 0.2) is 71.5 Å². The molecule has 4 aromatic rings. The number of benzene rings is 2. The van der Waals surface area contributed by atoms with E-state index < -0.39 is 0 Å². The third kappa shape index (κ3) is 3.50. The van der Waals surface area contributed by atoms with Gasteiger partial charge in [-0.2, -0.15) is 14.9 Å². The second-order valence-electron chi connectivity index (χ2n) is 6.36. The number of aromatic amines is 1. The van der Waals surface area contributed by atoms with E-state index in [1.54, 1.807) is 25.3 Å². The Balaban J connectivity index is 1.92. The first-order valence-electron chi connectivity index (χ1n) is 9.34. The highest BCUT2D eigenvalue weighted by atomic mass is 16.5. The van der Waals surface area contributed by atoms with Crippen LogP contribution in [0, 0.1) is 0 Å². The molecule has 0 aliphatic rings. The van der Waals surface area contributed by atoms with Gasteiger partial charge in [-0.05, 0) is 25.1 Å². The topological polar surface area (TPSA) is 84.8 Å². The van der Waals surface area contributed by atoms with E-state index in [9.17, 15) is 4.79 Å². The second kappa shape index (κ2) is 8.02. The summed E-state index contributed by atoms with van der Waals surface area (Å²) >= 11 is 0. The SMILES string of the molecule is CCNc1n[nH]c(-c2ccccc2)c1-c1ccc(=O)n(-c2ccccc2OC)n1. The van der Waals surface area contributed by atoms with Crippen molar-refractivity contribution in [2.75, 3.05) is 19.0 Å². The summed E-state index contributed by atoms with van der Waals surface area (Å²) in [5, 5.41) is 15.4. The van der Waals surface area contributed by atoms with E-state index in [2.05, 4.69) is 20.6 Å². The Kier molecular flexibility index (Phi) is 5.11. The molecule has 7 heteroatoms. The lowest BCUT2D eigenvalue weighted by Crippen LogP contribution is -2.21. The molecular formula is C22H21N5O2. The fourth-order valence-electron chi connectivity index (χ4n) is 3.22. The lowest BCUT2D eigenvalue weighted by atomic mass is 10.0. The molecule has 0 saturated heterocycles. The van der Waals surface area contributed by atoms with Gasteiger partial charge in [0.05, 0.1) is 24.1 Å². The van der Waals surface area contributed by atoms with Crippen LogP contribution in [-0.2, 0) is 0 Å². The van der Waals surface area contributed by atoms with Crippen molar-refractivity contribution in [2.45, 2.75) is 6.92 Å². The predicted molar refractivity (Wildman–Crippen MR) is 114 cm³/mol. The number of nitrogens with zero attached hydrogens (tertiary/aromatic N) is 3. The quantitative estimate of drug-likeness (QED) is 0.527. The first-order valence-corrected chi connectivity index (χ1v) is 9.34. The number of hydrogen-bond donors (Lipinski definition) is 2. The average molecular weight is 387 g/mol. The molecule has 0 fully saturated rings. The van der Waals surface area contributed by atoms with Gasteiger partial charge >= 0.3 is 0 Å². The molecule has 0 radical (unpaired) electrons. The van der Waals surface area contributed by atoms with Crippen LogP contribution in [0.5, 0.6) is 5.75 Å². The standard InChI is InChI=1S/C22H21N5O2/c1-3-23-22-20(21(24-25-22)15-9-5-4-6-10-15)16-13-14-19(28)27(26-16)17-11-7-8-12-18(17)29-2/h4-14H,3H2,1-2H3,(H2,23,24,25). The Morgan fingerprint density at radius 3 is 2.55 bits per heavy atom. The molecule has 0 saturated carbocycles. The van der Waals surface area contributed by atoms with Gasteiger partial charge < -0.3 is 10.1 Å². The molecule has 7 nitrogen and oxygen atoms in total. The molecule has 0 unspecified atom stereocenters. The maximum atomic E-state index is 12.6. The van der Waals surface area contributed by atoms with E-state index in [0.29, 0.717) is 29.5 Å². The summed E-state index contributed by atoms with van der Waals surface area (Å²) in [6.45, 7) is 2.71. The van der Waals surface area contributed by atoms with Crippen LogP contribution >= 0.6 is 0 Å². The molecule has 0 atom stereocenters. The van der Waals surface area contributed by atoms with Gasteiger partial charge in [0.15, 0.2) is 5.82 Å². The van der Waals surface area contributed by atoms with E-state index in [1.807, 2.05) is 49.4 Å². The molecule has 2 aromatic heterocycles. The molecule has 146 valence electrons. The minimum atomic E-state index is -0.243. The second-order valence-corrected chi connectivity index (χ2v) is 6.36. The normalized spacial score (nSPS) is 10.7. The summed E-state index contributed by atoms with van der Waals surface area (Å²) in [4.78, 5) is 12.6. The van der Waals surface area contributed by atoms with Gasteiger partial charge in [-0.1, -0.05) is 42.5 Å². The Morgan fingerprint density at radius 1 is 1.03 bits per heavy atom. The number of rotatable bonds is 6. The number of nitrogens with one attached hydrogen (secondary N) is 2.